The lowest BCUT2D eigenvalue weighted by Crippen LogP contribution is -2.50. The molecule has 0 spiro atoms. The van der Waals surface area contributed by atoms with Gasteiger partial charge in [-0.2, -0.15) is 4.99 Å². The molecule has 0 N–H and O–H groups in total. The fourth-order valence-electron chi connectivity index (χ4n) is 3.07. The smallest absolute Gasteiger partial charge is 0.273 e. The molecule has 1 saturated heterocycles. The number of hydrogen-bond donors (Lipinski definition) is 0. The number of amides is 2. The third-order valence-corrected chi connectivity index (χ3v) is 4.91. The first kappa shape index (κ1) is 13.3. The number of rotatable bonds is 2. The molecule has 0 bridgehead atoms. The zero-order valence-corrected chi connectivity index (χ0v) is 12.4. The van der Waals surface area contributed by atoms with Crippen molar-refractivity contribution in [1.82, 2.24) is 4.90 Å². The van der Waals surface area contributed by atoms with Crippen molar-refractivity contribution in [3.8, 4) is 0 Å². The minimum atomic E-state index is -1.17. The summed E-state index contributed by atoms with van der Waals surface area (Å²) in [6.45, 7) is 0. The van der Waals surface area contributed by atoms with Crippen LogP contribution in [-0.2, 0) is 15.1 Å². The summed E-state index contributed by atoms with van der Waals surface area (Å²) in [5.41, 5.74) is 0.361. The summed E-state index contributed by atoms with van der Waals surface area (Å²) in [5.74, 6) is -0.0594. The normalized spacial score (nSPS) is 19.3. The maximum absolute atomic E-state index is 12.9. The Morgan fingerprint density at radius 1 is 0.909 bits per heavy atom. The van der Waals surface area contributed by atoms with Gasteiger partial charge in [0.05, 0.1) is 5.75 Å². The number of carbonyl (C=O) groups excluding carboxylic acids is 2. The Morgan fingerprint density at radius 3 is 2.00 bits per heavy atom. The SMILES string of the molecule is O=C1CSC2=NC(=O)C(c3ccccc3)(c3ccccc3)N12. The van der Waals surface area contributed by atoms with Gasteiger partial charge in [-0.05, 0) is 11.1 Å². The standard InChI is InChI=1S/C17H12N2O2S/c20-14-11-22-16-18-15(21)17(19(14)16,12-7-3-1-4-8-12)13-9-5-2-6-10-13/h1-10H,11H2. The summed E-state index contributed by atoms with van der Waals surface area (Å²) in [6, 6.07) is 18.8. The molecule has 2 aliphatic heterocycles. The van der Waals surface area contributed by atoms with E-state index in [-0.39, 0.29) is 11.8 Å². The van der Waals surface area contributed by atoms with Crippen LogP contribution in [0.5, 0.6) is 0 Å². The van der Waals surface area contributed by atoms with E-state index in [1.165, 1.54) is 11.8 Å². The topological polar surface area (TPSA) is 49.7 Å². The van der Waals surface area contributed by atoms with Crippen LogP contribution in [0.15, 0.2) is 65.7 Å². The van der Waals surface area contributed by atoms with E-state index in [1.54, 1.807) is 4.90 Å². The fourth-order valence-corrected chi connectivity index (χ4v) is 3.97. The molecular weight excluding hydrogens is 296 g/mol. The van der Waals surface area contributed by atoms with Gasteiger partial charge in [-0.25, -0.2) is 0 Å². The summed E-state index contributed by atoms with van der Waals surface area (Å²) < 4.78 is 0. The average Bonchev–Trinajstić information content (AvgIpc) is 3.06. The van der Waals surface area contributed by atoms with Crippen molar-refractivity contribution in [3.05, 3.63) is 71.8 Å². The predicted octanol–water partition coefficient (Wildman–Crippen LogP) is 2.40. The van der Waals surface area contributed by atoms with Crippen LogP contribution in [0.1, 0.15) is 11.1 Å². The Labute approximate surface area is 131 Å². The maximum Gasteiger partial charge on any atom is 0.283 e. The number of nitrogens with zero attached hydrogens (tertiary/aromatic N) is 2. The molecule has 2 aliphatic rings. The fraction of sp³-hybridized carbons (Fsp3) is 0.118. The third-order valence-electron chi connectivity index (χ3n) is 3.99. The van der Waals surface area contributed by atoms with E-state index in [2.05, 4.69) is 4.99 Å². The molecule has 4 rings (SSSR count). The van der Waals surface area contributed by atoms with Crippen molar-refractivity contribution < 1.29 is 9.59 Å². The van der Waals surface area contributed by atoms with E-state index >= 15 is 0 Å². The van der Waals surface area contributed by atoms with E-state index in [0.717, 1.165) is 11.1 Å². The van der Waals surface area contributed by atoms with Crippen LogP contribution in [0.3, 0.4) is 0 Å². The molecule has 108 valence electrons. The van der Waals surface area contributed by atoms with E-state index < -0.39 is 5.54 Å². The number of aliphatic imine (C=N–C) groups is 1. The molecule has 2 amide bonds. The minimum Gasteiger partial charge on any atom is -0.273 e. The number of amidine groups is 1. The number of thioether (sulfide) groups is 1. The molecule has 2 aromatic rings. The molecule has 0 saturated carbocycles. The van der Waals surface area contributed by atoms with Crippen molar-refractivity contribution in [2.75, 3.05) is 5.75 Å². The lowest BCUT2D eigenvalue weighted by molar-refractivity contribution is -0.134. The second-order valence-electron chi connectivity index (χ2n) is 5.16. The van der Waals surface area contributed by atoms with Crippen molar-refractivity contribution in [2.24, 2.45) is 4.99 Å². The van der Waals surface area contributed by atoms with E-state index in [0.29, 0.717) is 10.9 Å². The van der Waals surface area contributed by atoms with E-state index in [4.69, 9.17) is 0 Å². The summed E-state index contributed by atoms with van der Waals surface area (Å²) in [6.07, 6.45) is 0. The lowest BCUT2D eigenvalue weighted by atomic mass is 9.81. The Bertz CT molecular complexity index is 747. The summed E-state index contributed by atoms with van der Waals surface area (Å²) in [4.78, 5) is 31.0. The van der Waals surface area contributed by atoms with Gasteiger partial charge in [0.15, 0.2) is 10.7 Å². The Kier molecular flexibility index (Phi) is 2.90. The minimum absolute atomic E-state index is 0.0812. The van der Waals surface area contributed by atoms with Gasteiger partial charge >= 0.3 is 0 Å². The molecule has 0 aromatic heterocycles. The van der Waals surface area contributed by atoms with Gasteiger partial charge in [0.1, 0.15) is 0 Å². The lowest BCUT2D eigenvalue weighted by Gasteiger charge is -2.35. The molecule has 0 aliphatic carbocycles. The Hall–Kier alpha value is -2.40. The highest BCUT2D eigenvalue weighted by Gasteiger charge is 2.57. The van der Waals surface area contributed by atoms with Gasteiger partial charge in [0, 0.05) is 0 Å². The molecule has 0 radical (unpaired) electrons. The van der Waals surface area contributed by atoms with Crippen molar-refractivity contribution in [2.45, 2.75) is 5.54 Å². The van der Waals surface area contributed by atoms with Crippen molar-refractivity contribution >= 4 is 28.7 Å². The number of benzene rings is 2. The van der Waals surface area contributed by atoms with Gasteiger partial charge in [0.25, 0.3) is 5.91 Å². The quantitative estimate of drug-likeness (QED) is 0.856. The van der Waals surface area contributed by atoms with Gasteiger partial charge in [-0.1, -0.05) is 72.4 Å². The molecule has 0 atom stereocenters. The second-order valence-corrected chi connectivity index (χ2v) is 6.10. The average molecular weight is 308 g/mol. The molecular formula is C17H12N2O2S. The molecule has 2 aromatic carbocycles. The van der Waals surface area contributed by atoms with E-state index in [9.17, 15) is 9.59 Å². The second kappa shape index (κ2) is 4.81. The van der Waals surface area contributed by atoms with Gasteiger partial charge in [-0.3, -0.25) is 14.5 Å². The van der Waals surface area contributed by atoms with Crippen LogP contribution in [0, 0.1) is 0 Å². The molecule has 2 heterocycles. The first-order valence-corrected chi connectivity index (χ1v) is 7.93. The molecule has 5 heteroatoms. The number of hydrogen-bond acceptors (Lipinski definition) is 3. The highest BCUT2D eigenvalue weighted by atomic mass is 32.2. The van der Waals surface area contributed by atoms with Gasteiger partial charge < -0.3 is 0 Å². The molecule has 1 fully saturated rings. The molecule has 4 nitrogen and oxygen atoms in total. The van der Waals surface area contributed by atoms with Crippen LogP contribution in [0.4, 0.5) is 0 Å². The highest BCUT2D eigenvalue weighted by molar-refractivity contribution is 8.15. The van der Waals surface area contributed by atoms with Crippen molar-refractivity contribution in [3.63, 3.8) is 0 Å². The first-order valence-electron chi connectivity index (χ1n) is 6.94. The van der Waals surface area contributed by atoms with Crippen LogP contribution < -0.4 is 0 Å². The number of fused-ring (bicyclic) bond motifs is 1. The summed E-state index contributed by atoms with van der Waals surface area (Å²) in [5, 5.41) is 0.503. The summed E-state index contributed by atoms with van der Waals surface area (Å²) in [7, 11) is 0. The largest absolute Gasteiger partial charge is 0.283 e. The Balaban J connectivity index is 2.03. The van der Waals surface area contributed by atoms with Crippen LogP contribution >= 0.6 is 11.8 Å². The van der Waals surface area contributed by atoms with Crippen molar-refractivity contribution in [1.29, 1.82) is 0 Å². The van der Waals surface area contributed by atoms with Gasteiger partial charge in [0.2, 0.25) is 5.91 Å². The maximum atomic E-state index is 12.9. The van der Waals surface area contributed by atoms with Crippen LogP contribution in [0.2, 0.25) is 0 Å². The number of carbonyl (C=O) groups is 2. The van der Waals surface area contributed by atoms with Crippen LogP contribution in [-0.4, -0.2) is 27.6 Å². The first-order chi connectivity index (χ1) is 10.7. The molecule has 0 unspecified atom stereocenters. The predicted molar refractivity (Wildman–Crippen MR) is 85.4 cm³/mol. The third kappa shape index (κ3) is 1.63. The van der Waals surface area contributed by atoms with Gasteiger partial charge in [-0.15, -0.1) is 0 Å². The highest BCUT2D eigenvalue weighted by Crippen LogP contribution is 2.45. The van der Waals surface area contributed by atoms with E-state index in [1.807, 2.05) is 60.7 Å². The Morgan fingerprint density at radius 2 is 1.45 bits per heavy atom. The zero-order chi connectivity index (χ0) is 15.2. The monoisotopic (exact) mass is 308 g/mol. The zero-order valence-electron chi connectivity index (χ0n) is 11.6. The summed E-state index contributed by atoms with van der Waals surface area (Å²) >= 11 is 1.32. The van der Waals surface area contributed by atoms with Crippen LogP contribution in [0.25, 0.3) is 0 Å². The molecule has 22 heavy (non-hydrogen) atoms.